The molecule has 2 aromatic heterocycles. The van der Waals surface area contributed by atoms with Crippen molar-refractivity contribution >= 4 is 39.4 Å². The van der Waals surface area contributed by atoms with Gasteiger partial charge in [-0.2, -0.15) is 0 Å². The van der Waals surface area contributed by atoms with Crippen LogP contribution in [0.25, 0.3) is 21.8 Å². The summed E-state index contributed by atoms with van der Waals surface area (Å²) in [5.41, 5.74) is 3.25. The number of Topliss-reactive ketones (excluding diaryl/α,β-unsaturated/α-hetero) is 1. The second-order valence-electron chi connectivity index (χ2n) is 8.82. The fourth-order valence-corrected chi connectivity index (χ4v) is 4.80. The fraction of sp³-hybridized carbons (Fsp3) is 0.296. The highest BCUT2D eigenvalue weighted by atomic mass is 16.2. The number of piperidine rings is 1. The molecule has 0 radical (unpaired) electrons. The number of benzene rings is 2. The number of fused-ring (bicyclic) bond motifs is 2. The minimum absolute atomic E-state index is 0.0441. The minimum atomic E-state index is -0.634. The smallest absolute Gasteiger partial charge is 0.292 e. The molecule has 1 aliphatic heterocycles. The first-order valence-corrected chi connectivity index (χ1v) is 11.8. The van der Waals surface area contributed by atoms with Gasteiger partial charge in [0.05, 0.1) is 5.56 Å². The Labute approximate surface area is 197 Å². The quantitative estimate of drug-likeness (QED) is 0.329. The van der Waals surface area contributed by atoms with E-state index in [0.29, 0.717) is 23.9 Å². The molecule has 0 bridgehead atoms. The SMILES string of the molecule is O=C(NCCc1c[nH]c2ccccc12)C(=O)c1cn(CC(=O)N2CCCCC2)c2ccccc12. The number of nitrogens with zero attached hydrogens (tertiary/aromatic N) is 2. The number of carbonyl (C=O) groups is 3. The van der Waals surface area contributed by atoms with Crippen LogP contribution in [0.3, 0.4) is 0 Å². The van der Waals surface area contributed by atoms with Gasteiger partial charge in [-0.05, 0) is 43.4 Å². The van der Waals surface area contributed by atoms with Crippen LogP contribution in [-0.2, 0) is 22.6 Å². The summed E-state index contributed by atoms with van der Waals surface area (Å²) in [6, 6.07) is 15.4. The van der Waals surface area contributed by atoms with Crippen molar-refractivity contribution < 1.29 is 14.4 Å². The van der Waals surface area contributed by atoms with Crippen LogP contribution < -0.4 is 5.32 Å². The number of hydrogen-bond acceptors (Lipinski definition) is 3. The van der Waals surface area contributed by atoms with Crippen molar-refractivity contribution in [1.82, 2.24) is 19.8 Å². The highest BCUT2D eigenvalue weighted by Crippen LogP contribution is 2.23. The van der Waals surface area contributed by atoms with Gasteiger partial charge in [-0.1, -0.05) is 36.4 Å². The molecule has 0 aliphatic carbocycles. The maximum atomic E-state index is 13.0. The molecule has 1 aliphatic rings. The molecule has 0 atom stereocenters. The zero-order valence-corrected chi connectivity index (χ0v) is 19.0. The van der Waals surface area contributed by atoms with Gasteiger partial charge in [-0.15, -0.1) is 0 Å². The molecule has 34 heavy (non-hydrogen) atoms. The maximum Gasteiger partial charge on any atom is 0.292 e. The van der Waals surface area contributed by atoms with Crippen molar-refractivity contribution in [2.75, 3.05) is 19.6 Å². The van der Waals surface area contributed by atoms with Crippen molar-refractivity contribution in [3.63, 3.8) is 0 Å². The van der Waals surface area contributed by atoms with Crippen molar-refractivity contribution in [3.8, 4) is 0 Å². The number of ketones is 1. The molecule has 3 heterocycles. The van der Waals surface area contributed by atoms with Gasteiger partial charge in [-0.3, -0.25) is 14.4 Å². The zero-order valence-electron chi connectivity index (χ0n) is 19.0. The zero-order chi connectivity index (χ0) is 23.5. The Bertz CT molecular complexity index is 1360. The molecular weight excluding hydrogens is 428 g/mol. The Balaban J connectivity index is 1.28. The highest BCUT2D eigenvalue weighted by molar-refractivity contribution is 6.45. The van der Waals surface area contributed by atoms with Gasteiger partial charge in [0, 0.05) is 53.8 Å². The van der Waals surface area contributed by atoms with E-state index in [9.17, 15) is 14.4 Å². The second kappa shape index (κ2) is 9.55. The van der Waals surface area contributed by atoms with Crippen LogP contribution in [0.2, 0.25) is 0 Å². The predicted octanol–water partition coefficient (Wildman–Crippen LogP) is 3.68. The monoisotopic (exact) mass is 456 g/mol. The summed E-state index contributed by atoms with van der Waals surface area (Å²) >= 11 is 0. The molecule has 2 N–H and O–H groups in total. The molecule has 0 spiro atoms. The normalized spacial score (nSPS) is 13.9. The molecule has 7 heteroatoms. The number of nitrogens with one attached hydrogen (secondary N) is 2. The average Bonchev–Trinajstić information content (AvgIpc) is 3.46. The lowest BCUT2D eigenvalue weighted by molar-refractivity contribution is -0.132. The number of amides is 2. The molecule has 1 saturated heterocycles. The number of hydrogen-bond donors (Lipinski definition) is 2. The van der Waals surface area contributed by atoms with E-state index < -0.39 is 11.7 Å². The lowest BCUT2D eigenvalue weighted by Gasteiger charge is -2.27. The molecule has 5 rings (SSSR count). The molecular formula is C27H28N4O3. The first-order valence-electron chi connectivity index (χ1n) is 11.8. The molecule has 174 valence electrons. The summed E-state index contributed by atoms with van der Waals surface area (Å²) in [5.74, 6) is -1.17. The number of likely N-dealkylation sites (tertiary alicyclic amines) is 1. The van der Waals surface area contributed by atoms with Gasteiger partial charge in [-0.25, -0.2) is 0 Å². The van der Waals surface area contributed by atoms with E-state index in [1.807, 2.05) is 59.6 Å². The molecule has 4 aromatic rings. The first-order chi connectivity index (χ1) is 16.6. The summed E-state index contributed by atoms with van der Waals surface area (Å²) in [5, 5.41) is 4.56. The Morgan fingerprint density at radius 3 is 2.47 bits per heavy atom. The van der Waals surface area contributed by atoms with Crippen LogP contribution >= 0.6 is 0 Å². The third-order valence-corrected chi connectivity index (χ3v) is 6.61. The number of aromatic amines is 1. The lowest BCUT2D eigenvalue weighted by atomic mass is 10.1. The number of carbonyl (C=O) groups excluding carboxylic acids is 3. The van der Waals surface area contributed by atoms with Crippen molar-refractivity contribution in [2.45, 2.75) is 32.2 Å². The number of aromatic nitrogens is 2. The number of H-pyrrole nitrogens is 1. The minimum Gasteiger partial charge on any atom is -0.361 e. The van der Waals surface area contributed by atoms with Crippen molar-refractivity contribution in [3.05, 3.63) is 72.1 Å². The van der Waals surface area contributed by atoms with E-state index in [1.54, 1.807) is 10.8 Å². The largest absolute Gasteiger partial charge is 0.361 e. The van der Waals surface area contributed by atoms with E-state index in [0.717, 1.165) is 54.3 Å². The summed E-state index contributed by atoms with van der Waals surface area (Å²) in [7, 11) is 0. The Morgan fingerprint density at radius 1 is 0.912 bits per heavy atom. The fourth-order valence-electron chi connectivity index (χ4n) is 4.80. The van der Waals surface area contributed by atoms with E-state index in [2.05, 4.69) is 10.3 Å². The van der Waals surface area contributed by atoms with Crippen molar-refractivity contribution in [1.29, 1.82) is 0 Å². The van der Waals surface area contributed by atoms with Gasteiger partial charge in [0.15, 0.2) is 0 Å². The topological polar surface area (TPSA) is 87.2 Å². The number of para-hydroxylation sites is 2. The van der Waals surface area contributed by atoms with Crippen LogP contribution in [0.4, 0.5) is 0 Å². The number of rotatable bonds is 7. The van der Waals surface area contributed by atoms with Crippen LogP contribution in [0.1, 0.15) is 35.2 Å². The van der Waals surface area contributed by atoms with Crippen molar-refractivity contribution in [2.24, 2.45) is 0 Å². The average molecular weight is 457 g/mol. The molecule has 0 saturated carbocycles. The molecule has 0 unspecified atom stereocenters. The maximum absolute atomic E-state index is 13.0. The van der Waals surface area contributed by atoms with E-state index >= 15 is 0 Å². The van der Waals surface area contributed by atoms with Crippen LogP contribution in [0, 0.1) is 0 Å². The lowest BCUT2D eigenvalue weighted by Crippen LogP contribution is -2.37. The predicted molar refractivity (Wildman–Crippen MR) is 132 cm³/mol. The van der Waals surface area contributed by atoms with Gasteiger partial charge in [0.1, 0.15) is 6.54 Å². The molecule has 7 nitrogen and oxygen atoms in total. The molecule has 1 fully saturated rings. The molecule has 2 aromatic carbocycles. The highest BCUT2D eigenvalue weighted by Gasteiger charge is 2.23. The van der Waals surface area contributed by atoms with Crippen LogP contribution in [-0.4, -0.2) is 51.7 Å². The van der Waals surface area contributed by atoms with Gasteiger partial charge in [0.2, 0.25) is 5.91 Å². The summed E-state index contributed by atoms with van der Waals surface area (Å²) in [4.78, 5) is 43.7. The Morgan fingerprint density at radius 2 is 1.65 bits per heavy atom. The van der Waals surface area contributed by atoms with E-state index in [4.69, 9.17) is 0 Å². The van der Waals surface area contributed by atoms with Gasteiger partial charge >= 0.3 is 0 Å². The Kier molecular flexibility index (Phi) is 6.16. The standard InChI is InChI=1S/C27H28N4O3/c32-25(30-14-6-1-7-15-30)18-31-17-22(21-9-3-5-11-24(21)31)26(33)27(34)28-13-12-19-16-29-23-10-4-2-8-20(19)23/h2-5,8-11,16-17,29H,1,6-7,12-15,18H2,(H,28,34). The summed E-state index contributed by atoms with van der Waals surface area (Å²) < 4.78 is 1.79. The van der Waals surface area contributed by atoms with Crippen LogP contribution in [0.5, 0.6) is 0 Å². The third kappa shape index (κ3) is 4.33. The van der Waals surface area contributed by atoms with Gasteiger partial charge in [0.25, 0.3) is 11.7 Å². The van der Waals surface area contributed by atoms with Gasteiger partial charge < -0.3 is 19.8 Å². The molecule has 2 amide bonds. The second-order valence-corrected chi connectivity index (χ2v) is 8.82. The van der Waals surface area contributed by atoms with Crippen LogP contribution in [0.15, 0.2) is 60.9 Å². The third-order valence-electron chi connectivity index (χ3n) is 6.61. The summed E-state index contributed by atoms with van der Waals surface area (Å²) in [6.07, 6.45) is 7.42. The summed E-state index contributed by atoms with van der Waals surface area (Å²) in [6.45, 7) is 2.08. The van der Waals surface area contributed by atoms with E-state index in [1.165, 1.54) is 0 Å². The van der Waals surface area contributed by atoms with E-state index in [-0.39, 0.29) is 12.5 Å². The Hall–Kier alpha value is -3.87. The first kappa shape index (κ1) is 21.9.